The number of hydrogen-bond donors (Lipinski definition) is 0. The first-order valence-corrected chi connectivity index (χ1v) is 19.1. The molecule has 0 bridgehead atoms. The standard InChI is InChI=1S/C46H40F6N3O2/c1-23(2)26-15-12-16-27(24(3)4)36(26)55-34-18-11-10-17-33(34)54(7)42(55)35-25(5)19-20-28-29-21-22-32-39(38(29)56-37(28)35)57-43(53-32)44(6)40(45(47,48)49)30-13-8-9-14-31(30)41(44)46(50,51)52/h8-24,40-41H,1-7H3/q+1. The summed E-state index contributed by atoms with van der Waals surface area (Å²) in [5, 5.41) is 1.31. The molecule has 11 heteroatoms. The molecule has 1 aliphatic rings. The van der Waals surface area contributed by atoms with E-state index >= 15 is 26.3 Å². The zero-order chi connectivity index (χ0) is 40.5. The second-order valence-electron chi connectivity index (χ2n) is 16.2. The second-order valence-corrected chi connectivity index (χ2v) is 16.2. The largest absolute Gasteiger partial charge is 0.451 e. The molecule has 8 aromatic rings. The van der Waals surface area contributed by atoms with Crippen LogP contribution in [0.15, 0.2) is 99.8 Å². The first kappa shape index (κ1) is 37.0. The number of alkyl halides is 6. The molecule has 57 heavy (non-hydrogen) atoms. The van der Waals surface area contributed by atoms with Crippen LogP contribution in [-0.4, -0.2) is 21.9 Å². The fourth-order valence-corrected chi connectivity index (χ4v) is 9.61. The Bertz CT molecular complexity index is 2840. The van der Waals surface area contributed by atoms with Gasteiger partial charge in [0, 0.05) is 21.9 Å². The summed E-state index contributed by atoms with van der Waals surface area (Å²) in [7, 11) is 2.01. The first-order valence-electron chi connectivity index (χ1n) is 19.1. The van der Waals surface area contributed by atoms with E-state index in [0.29, 0.717) is 16.4 Å². The SMILES string of the molecule is Cc1ccc2c(oc3c2ccc2nc(C4(C)C(C(F)(F)F)c5ccccc5C4C(F)(F)F)oc23)c1-c1n(-c2c(C(C)C)cccc2C(C)C)c2ccccc2[n+]1C. The maximum atomic E-state index is 15.0. The molecule has 292 valence electrons. The smallest absolute Gasteiger partial charge is 0.396 e. The maximum Gasteiger partial charge on any atom is 0.396 e. The fourth-order valence-electron chi connectivity index (χ4n) is 9.61. The molecule has 2 unspecified atom stereocenters. The van der Waals surface area contributed by atoms with Gasteiger partial charge in [0.15, 0.2) is 27.8 Å². The second kappa shape index (κ2) is 12.5. The maximum absolute atomic E-state index is 15.0. The van der Waals surface area contributed by atoms with E-state index in [2.05, 4.69) is 72.1 Å². The molecule has 2 atom stereocenters. The Labute approximate surface area is 324 Å². The van der Waals surface area contributed by atoms with Gasteiger partial charge in [-0.15, -0.1) is 0 Å². The number of oxazole rings is 1. The molecule has 0 saturated carbocycles. The number of fused-ring (bicyclic) bond motifs is 7. The number of hydrogen-bond acceptors (Lipinski definition) is 3. The fraction of sp³-hybridized carbons (Fsp3) is 0.304. The molecule has 0 amide bonds. The molecule has 0 radical (unpaired) electrons. The van der Waals surface area contributed by atoms with Crippen LogP contribution in [0.3, 0.4) is 0 Å². The minimum absolute atomic E-state index is 0.0153. The number of halogens is 6. The molecule has 5 nitrogen and oxygen atoms in total. The van der Waals surface area contributed by atoms with Gasteiger partial charge in [-0.05, 0) is 66.6 Å². The number of aryl methyl sites for hydroxylation is 2. The average Bonchev–Trinajstić information content (AvgIpc) is 3.89. The van der Waals surface area contributed by atoms with Crippen LogP contribution in [0, 0.1) is 6.92 Å². The van der Waals surface area contributed by atoms with Crippen LogP contribution in [0.1, 0.15) is 92.0 Å². The molecule has 3 heterocycles. The molecule has 0 spiro atoms. The van der Waals surface area contributed by atoms with Gasteiger partial charge < -0.3 is 8.83 Å². The Hall–Kier alpha value is -5.58. The van der Waals surface area contributed by atoms with E-state index in [9.17, 15) is 0 Å². The lowest BCUT2D eigenvalue weighted by molar-refractivity contribution is -0.633. The summed E-state index contributed by atoms with van der Waals surface area (Å²) in [6.07, 6.45) is -10.1. The average molecular weight is 781 g/mol. The van der Waals surface area contributed by atoms with E-state index in [4.69, 9.17) is 8.83 Å². The lowest BCUT2D eigenvalue weighted by Crippen LogP contribution is -2.44. The highest BCUT2D eigenvalue weighted by Gasteiger charge is 2.69. The number of aromatic nitrogens is 3. The molecule has 0 aliphatic heterocycles. The summed E-state index contributed by atoms with van der Waals surface area (Å²) in [6, 6.07) is 26.7. The topological polar surface area (TPSA) is 48.0 Å². The monoisotopic (exact) mass is 780 g/mol. The van der Waals surface area contributed by atoms with Gasteiger partial charge in [-0.2, -0.15) is 30.9 Å². The van der Waals surface area contributed by atoms with Crippen LogP contribution >= 0.6 is 0 Å². The molecular formula is C46H40F6N3O2+. The predicted octanol–water partition coefficient (Wildman–Crippen LogP) is 13.0. The van der Waals surface area contributed by atoms with E-state index < -0.39 is 46.6 Å². The Balaban J connectivity index is 1.34. The summed E-state index contributed by atoms with van der Waals surface area (Å²) in [6.45, 7) is 11.7. The van der Waals surface area contributed by atoms with E-state index in [1.54, 1.807) is 12.1 Å². The quantitative estimate of drug-likeness (QED) is 0.129. The summed E-state index contributed by atoms with van der Waals surface area (Å²) < 4.78 is 108. The van der Waals surface area contributed by atoms with E-state index in [1.165, 1.54) is 23.3 Å². The van der Waals surface area contributed by atoms with Crippen molar-refractivity contribution < 1.29 is 39.7 Å². The van der Waals surface area contributed by atoms with Gasteiger partial charge in [0.05, 0.1) is 24.3 Å². The van der Waals surface area contributed by atoms with E-state index in [0.717, 1.165) is 52.7 Å². The van der Waals surface area contributed by atoms with Crippen molar-refractivity contribution in [2.45, 2.75) is 83.0 Å². The van der Waals surface area contributed by atoms with Crippen molar-refractivity contribution in [2.75, 3.05) is 0 Å². The zero-order valence-electron chi connectivity index (χ0n) is 32.4. The summed E-state index contributed by atoms with van der Waals surface area (Å²) in [5.74, 6) is -4.46. The van der Waals surface area contributed by atoms with Crippen LogP contribution in [0.5, 0.6) is 0 Å². The van der Waals surface area contributed by atoms with Crippen LogP contribution in [0.2, 0.25) is 0 Å². The predicted molar refractivity (Wildman–Crippen MR) is 209 cm³/mol. The van der Waals surface area contributed by atoms with Crippen molar-refractivity contribution in [3.63, 3.8) is 0 Å². The molecule has 0 saturated heterocycles. The number of rotatable bonds is 5. The van der Waals surface area contributed by atoms with Gasteiger partial charge in [-0.1, -0.05) is 94.4 Å². The molecule has 1 aliphatic carbocycles. The van der Waals surface area contributed by atoms with Crippen LogP contribution in [0.25, 0.3) is 61.1 Å². The van der Waals surface area contributed by atoms with Crippen molar-refractivity contribution in [3.05, 3.63) is 125 Å². The molecule has 5 aromatic carbocycles. The number of nitrogens with zero attached hydrogens (tertiary/aromatic N) is 3. The minimum Gasteiger partial charge on any atom is -0.451 e. The van der Waals surface area contributed by atoms with Crippen molar-refractivity contribution in [1.29, 1.82) is 0 Å². The Morgan fingerprint density at radius 3 is 1.84 bits per heavy atom. The van der Waals surface area contributed by atoms with Gasteiger partial charge in [0.25, 0.3) is 5.82 Å². The van der Waals surface area contributed by atoms with Crippen molar-refractivity contribution in [1.82, 2.24) is 9.55 Å². The molecular weight excluding hydrogens is 741 g/mol. The summed E-state index contributed by atoms with van der Waals surface area (Å²) in [4.78, 5) is 4.41. The minimum atomic E-state index is -5.04. The van der Waals surface area contributed by atoms with Gasteiger partial charge in [-0.25, -0.2) is 9.55 Å². The van der Waals surface area contributed by atoms with Gasteiger partial charge in [0.2, 0.25) is 5.89 Å². The number of imidazole rings is 1. The Morgan fingerprint density at radius 1 is 0.684 bits per heavy atom. The molecule has 3 aromatic heterocycles. The summed E-state index contributed by atoms with van der Waals surface area (Å²) >= 11 is 0. The van der Waals surface area contributed by atoms with Gasteiger partial charge in [0.1, 0.15) is 16.8 Å². The van der Waals surface area contributed by atoms with Crippen molar-refractivity contribution in [3.8, 4) is 17.1 Å². The van der Waals surface area contributed by atoms with E-state index in [-0.39, 0.29) is 28.5 Å². The van der Waals surface area contributed by atoms with Gasteiger partial charge >= 0.3 is 12.4 Å². The third-order valence-electron chi connectivity index (χ3n) is 12.1. The number of para-hydroxylation sites is 3. The number of benzene rings is 5. The zero-order valence-corrected chi connectivity index (χ0v) is 32.4. The van der Waals surface area contributed by atoms with Crippen molar-refractivity contribution >= 4 is 44.1 Å². The highest BCUT2D eigenvalue weighted by atomic mass is 19.4. The van der Waals surface area contributed by atoms with Gasteiger partial charge in [-0.3, -0.25) is 0 Å². The van der Waals surface area contributed by atoms with Crippen LogP contribution < -0.4 is 4.57 Å². The third-order valence-corrected chi connectivity index (χ3v) is 12.1. The summed E-state index contributed by atoms with van der Waals surface area (Å²) in [5.41, 5.74) is 4.35. The van der Waals surface area contributed by atoms with Crippen LogP contribution in [-0.2, 0) is 12.5 Å². The Morgan fingerprint density at radius 2 is 1.25 bits per heavy atom. The number of furan rings is 1. The normalized spacial score (nSPS) is 19.0. The van der Waals surface area contributed by atoms with Crippen LogP contribution in [0.4, 0.5) is 26.3 Å². The van der Waals surface area contributed by atoms with Crippen molar-refractivity contribution in [2.24, 2.45) is 7.05 Å². The lowest BCUT2D eigenvalue weighted by atomic mass is 9.70. The highest BCUT2D eigenvalue weighted by Crippen LogP contribution is 2.65. The first-order chi connectivity index (χ1) is 26.9. The van der Waals surface area contributed by atoms with E-state index in [1.807, 2.05) is 38.2 Å². The molecule has 9 rings (SSSR count). The molecule has 0 N–H and O–H groups in total. The third kappa shape index (κ3) is 5.22. The lowest BCUT2D eigenvalue weighted by Gasteiger charge is -2.36. The Kier molecular flexibility index (Phi) is 8.09. The highest BCUT2D eigenvalue weighted by molar-refractivity contribution is 6.15. The molecule has 0 fully saturated rings.